The van der Waals surface area contributed by atoms with E-state index in [1.807, 2.05) is 30.4 Å². The van der Waals surface area contributed by atoms with Gasteiger partial charge in [-0.15, -0.1) is 0 Å². The Bertz CT molecular complexity index is 1390. The third-order valence-corrected chi connectivity index (χ3v) is 6.96. The van der Waals surface area contributed by atoms with Crippen LogP contribution in [-0.4, -0.2) is 47.0 Å². The highest BCUT2D eigenvalue weighted by Gasteiger charge is 2.40. The first-order chi connectivity index (χ1) is 16.6. The maximum atomic E-state index is 11.1. The van der Waals surface area contributed by atoms with Crippen molar-refractivity contribution < 1.29 is 40.9 Å². The molecule has 2 aromatic carbocycles. The van der Waals surface area contributed by atoms with Gasteiger partial charge >= 0.3 is 0 Å². The number of allylic oxidation sites excluding steroid dienone is 6. The van der Waals surface area contributed by atoms with Crippen LogP contribution in [0.2, 0.25) is 0 Å². The number of aliphatic hydroxyl groups is 4. The number of phenols is 4. The van der Waals surface area contributed by atoms with Gasteiger partial charge in [0.2, 0.25) is 0 Å². The second kappa shape index (κ2) is 7.89. The first-order valence-electron chi connectivity index (χ1n) is 11.1. The van der Waals surface area contributed by atoms with Crippen molar-refractivity contribution in [3.63, 3.8) is 0 Å². The number of hydrogen-bond acceptors (Lipinski definition) is 8. The van der Waals surface area contributed by atoms with Gasteiger partial charge in [-0.25, -0.2) is 0 Å². The molecular formula is C27H24O8. The predicted octanol–water partition coefficient (Wildman–Crippen LogP) is 4.22. The summed E-state index contributed by atoms with van der Waals surface area (Å²) in [6.07, 6.45) is 6.52. The van der Waals surface area contributed by atoms with Crippen LogP contribution in [0.25, 0.3) is 11.1 Å². The molecule has 0 bridgehead atoms. The van der Waals surface area contributed by atoms with Crippen LogP contribution in [0.1, 0.15) is 29.2 Å². The normalized spacial score (nSPS) is 23.5. The minimum Gasteiger partial charge on any atom is -0.509 e. The molecule has 3 unspecified atom stereocenters. The highest BCUT2D eigenvalue weighted by atomic mass is 16.3. The van der Waals surface area contributed by atoms with Gasteiger partial charge in [-0.05, 0) is 23.1 Å². The monoisotopic (exact) mass is 476 g/mol. The van der Waals surface area contributed by atoms with Crippen LogP contribution in [0.3, 0.4) is 0 Å². The molecule has 0 aromatic heterocycles. The molecule has 0 spiro atoms. The van der Waals surface area contributed by atoms with Crippen LogP contribution < -0.4 is 0 Å². The number of fused-ring (bicyclic) bond motifs is 2. The topological polar surface area (TPSA) is 162 Å². The standard InChI is InChI=1S/C27H24O8/c1-11-20(28)22(30)18(23(31)21(11)29)19-26(34)24(32)17(25(33)27(19)35)16-14-8-4-2-6-12(14)10-13-7-3-5-9-15(13)16/h2-9,11-12,20,28-35H,10H2,1H3. The SMILES string of the molecule is CC1C(O)=C(O)C(c2c(O)c(O)c(C3=C4C=CC=CC4Cc4ccccc43)c(O)c2O)=C(O)C1O. The molecule has 0 saturated heterocycles. The van der Waals surface area contributed by atoms with Gasteiger partial charge in [-0.3, -0.25) is 0 Å². The van der Waals surface area contributed by atoms with E-state index >= 15 is 0 Å². The lowest BCUT2D eigenvalue weighted by atomic mass is 9.74. The van der Waals surface area contributed by atoms with Crippen molar-refractivity contribution in [1.82, 2.24) is 0 Å². The molecule has 3 aliphatic rings. The number of rotatable bonds is 2. The molecule has 8 N–H and O–H groups in total. The van der Waals surface area contributed by atoms with Crippen LogP contribution in [0, 0.1) is 11.8 Å². The lowest BCUT2D eigenvalue weighted by molar-refractivity contribution is 0.0890. The molecule has 3 atom stereocenters. The largest absolute Gasteiger partial charge is 0.509 e. The Labute approximate surface area is 200 Å². The highest BCUT2D eigenvalue weighted by molar-refractivity contribution is 5.98. The number of aromatic hydroxyl groups is 4. The van der Waals surface area contributed by atoms with Gasteiger partial charge in [-0.1, -0.05) is 55.5 Å². The van der Waals surface area contributed by atoms with Crippen molar-refractivity contribution in [2.75, 3.05) is 0 Å². The van der Waals surface area contributed by atoms with Crippen molar-refractivity contribution in [3.05, 3.63) is 93.7 Å². The van der Waals surface area contributed by atoms with Crippen molar-refractivity contribution in [2.45, 2.75) is 19.4 Å². The fourth-order valence-corrected chi connectivity index (χ4v) is 5.06. The Kier molecular flexibility index (Phi) is 5.07. The Balaban J connectivity index is 1.82. The van der Waals surface area contributed by atoms with Gasteiger partial charge in [0.1, 0.15) is 17.6 Å². The molecular weight excluding hydrogens is 452 g/mol. The zero-order chi connectivity index (χ0) is 25.2. The summed E-state index contributed by atoms with van der Waals surface area (Å²) in [4.78, 5) is 0. The Hall–Kier alpha value is -4.30. The summed E-state index contributed by atoms with van der Waals surface area (Å²) in [7, 11) is 0. The van der Waals surface area contributed by atoms with Crippen LogP contribution in [0.5, 0.6) is 23.0 Å². The lowest BCUT2D eigenvalue weighted by Gasteiger charge is -2.31. The summed E-state index contributed by atoms with van der Waals surface area (Å²) in [5.74, 6) is -7.13. The molecule has 0 saturated carbocycles. The molecule has 5 rings (SSSR count). The zero-order valence-electron chi connectivity index (χ0n) is 18.6. The van der Waals surface area contributed by atoms with Crippen molar-refractivity contribution in [1.29, 1.82) is 0 Å². The quantitative estimate of drug-likeness (QED) is 0.236. The molecule has 8 heteroatoms. The molecule has 35 heavy (non-hydrogen) atoms. The third kappa shape index (κ3) is 3.10. The third-order valence-electron chi connectivity index (χ3n) is 6.96. The van der Waals surface area contributed by atoms with Gasteiger partial charge in [-0.2, -0.15) is 0 Å². The Morgan fingerprint density at radius 1 is 0.743 bits per heavy atom. The average Bonchev–Trinajstić information content (AvgIpc) is 2.86. The van der Waals surface area contributed by atoms with E-state index in [-0.39, 0.29) is 11.5 Å². The van der Waals surface area contributed by atoms with E-state index in [4.69, 9.17) is 0 Å². The summed E-state index contributed by atoms with van der Waals surface area (Å²) in [6, 6.07) is 7.39. The molecule has 0 fully saturated rings. The minimum absolute atomic E-state index is 0.0710. The lowest BCUT2D eigenvalue weighted by Crippen LogP contribution is -2.28. The summed E-state index contributed by atoms with van der Waals surface area (Å²) in [6.45, 7) is 1.35. The molecule has 3 aliphatic carbocycles. The van der Waals surface area contributed by atoms with E-state index in [1.54, 1.807) is 18.2 Å². The first-order valence-corrected chi connectivity index (χ1v) is 11.1. The van der Waals surface area contributed by atoms with Crippen molar-refractivity contribution in [3.8, 4) is 23.0 Å². The van der Waals surface area contributed by atoms with Crippen LogP contribution >= 0.6 is 0 Å². The van der Waals surface area contributed by atoms with E-state index < -0.39 is 63.4 Å². The molecule has 0 radical (unpaired) electrons. The first kappa shape index (κ1) is 22.5. The highest BCUT2D eigenvalue weighted by Crippen LogP contribution is 2.57. The van der Waals surface area contributed by atoms with Crippen molar-refractivity contribution in [2.24, 2.45) is 11.8 Å². The van der Waals surface area contributed by atoms with Gasteiger partial charge in [0, 0.05) is 11.5 Å². The number of benzene rings is 2. The van der Waals surface area contributed by atoms with E-state index in [0.29, 0.717) is 17.6 Å². The number of phenolic OH excluding ortho intramolecular Hbond substituents is 4. The fourth-order valence-electron chi connectivity index (χ4n) is 5.06. The molecule has 8 nitrogen and oxygen atoms in total. The Morgan fingerprint density at radius 2 is 1.34 bits per heavy atom. The number of hydrogen-bond donors (Lipinski definition) is 8. The molecule has 0 aliphatic heterocycles. The molecule has 0 amide bonds. The van der Waals surface area contributed by atoms with Crippen molar-refractivity contribution >= 4 is 11.1 Å². The fraction of sp³-hybridized carbons (Fsp3) is 0.185. The maximum absolute atomic E-state index is 11.1. The predicted molar refractivity (Wildman–Crippen MR) is 128 cm³/mol. The molecule has 180 valence electrons. The van der Waals surface area contributed by atoms with E-state index in [9.17, 15) is 40.9 Å². The molecule has 2 aromatic rings. The van der Waals surface area contributed by atoms with E-state index in [1.165, 1.54) is 6.92 Å². The van der Waals surface area contributed by atoms with Gasteiger partial charge in [0.05, 0.1) is 22.6 Å². The minimum atomic E-state index is -1.67. The van der Waals surface area contributed by atoms with Gasteiger partial charge < -0.3 is 40.9 Å². The van der Waals surface area contributed by atoms with Gasteiger partial charge in [0.25, 0.3) is 0 Å². The van der Waals surface area contributed by atoms with Crippen LogP contribution in [0.15, 0.2) is 71.4 Å². The summed E-state index contributed by atoms with van der Waals surface area (Å²) < 4.78 is 0. The number of aliphatic hydroxyl groups excluding tert-OH is 4. The smallest absolute Gasteiger partial charge is 0.170 e. The van der Waals surface area contributed by atoms with Gasteiger partial charge in [0.15, 0.2) is 28.8 Å². The van der Waals surface area contributed by atoms with E-state index in [0.717, 1.165) is 11.1 Å². The maximum Gasteiger partial charge on any atom is 0.170 e. The molecule has 0 heterocycles. The summed E-state index contributed by atoms with van der Waals surface area (Å²) >= 11 is 0. The second-order valence-corrected chi connectivity index (χ2v) is 8.91. The summed E-state index contributed by atoms with van der Waals surface area (Å²) in [5, 5.41) is 85.6. The van der Waals surface area contributed by atoms with E-state index in [2.05, 4.69) is 0 Å². The Morgan fingerprint density at radius 3 is 2.00 bits per heavy atom. The van der Waals surface area contributed by atoms with Crippen LogP contribution in [0.4, 0.5) is 0 Å². The summed E-state index contributed by atoms with van der Waals surface area (Å²) in [5.41, 5.74) is 1.12. The average molecular weight is 476 g/mol. The van der Waals surface area contributed by atoms with Crippen LogP contribution in [-0.2, 0) is 6.42 Å². The zero-order valence-corrected chi connectivity index (χ0v) is 18.6. The second-order valence-electron chi connectivity index (χ2n) is 8.91.